The van der Waals surface area contributed by atoms with E-state index in [1.54, 1.807) is 23.9 Å². The van der Waals surface area contributed by atoms with Crippen molar-refractivity contribution in [1.82, 2.24) is 14.5 Å². The number of fused-ring (bicyclic) bond motifs is 1. The van der Waals surface area contributed by atoms with Crippen LogP contribution in [-0.4, -0.2) is 29.4 Å². The number of hydrogen-bond donors (Lipinski definition) is 1. The molecule has 0 radical (unpaired) electrons. The highest BCUT2D eigenvalue weighted by Crippen LogP contribution is 2.29. The van der Waals surface area contributed by atoms with Gasteiger partial charge in [-0.25, -0.2) is 9.97 Å². The van der Waals surface area contributed by atoms with Crippen molar-refractivity contribution >= 4 is 51.4 Å². The van der Waals surface area contributed by atoms with E-state index in [0.29, 0.717) is 11.5 Å². The van der Waals surface area contributed by atoms with E-state index in [-0.39, 0.29) is 21.8 Å². The highest BCUT2D eigenvalue weighted by molar-refractivity contribution is 7.81. The van der Waals surface area contributed by atoms with Crippen LogP contribution in [0.2, 0.25) is 0 Å². The van der Waals surface area contributed by atoms with E-state index < -0.39 is 15.5 Å². The zero-order chi connectivity index (χ0) is 19.7. The van der Waals surface area contributed by atoms with Crippen molar-refractivity contribution in [3.63, 3.8) is 0 Å². The Balaban J connectivity index is 2.22. The molecule has 0 aliphatic heterocycles. The fourth-order valence-corrected chi connectivity index (χ4v) is 2.74. The molecular formula is C16H12N6O4S. The molecule has 2 heterocycles. The van der Waals surface area contributed by atoms with Crippen LogP contribution in [0.25, 0.3) is 22.8 Å². The number of aryl methyl sites for hydroxylation is 1. The molecule has 2 N–H and O–H groups in total. The Morgan fingerprint density at radius 3 is 2.59 bits per heavy atom. The van der Waals surface area contributed by atoms with Gasteiger partial charge in [-0.15, -0.1) is 0 Å². The topological polar surface area (TPSA) is 143 Å². The normalized spacial score (nSPS) is 11.5. The molecule has 10 nitrogen and oxygen atoms in total. The van der Waals surface area contributed by atoms with Crippen molar-refractivity contribution in [2.75, 3.05) is 0 Å². The maximum atomic E-state index is 11.4. The van der Waals surface area contributed by atoms with Gasteiger partial charge in [-0.1, -0.05) is 12.2 Å². The lowest BCUT2D eigenvalue weighted by molar-refractivity contribution is -0.394. The number of non-ortho nitro benzene ring substituents is 1. The number of hydrogen-bond acceptors (Lipinski definition) is 7. The molecule has 27 heavy (non-hydrogen) atoms. The largest absolute Gasteiger partial charge is 0.389 e. The first-order valence-corrected chi connectivity index (χ1v) is 7.92. The summed E-state index contributed by atoms with van der Waals surface area (Å²) in [7, 11) is 1.74. The van der Waals surface area contributed by atoms with Gasteiger partial charge in [0.05, 0.1) is 32.6 Å². The number of imidazole rings is 1. The first-order valence-electron chi connectivity index (χ1n) is 7.51. The predicted octanol–water partition coefficient (Wildman–Crippen LogP) is 2.61. The molecule has 2 aromatic heterocycles. The molecule has 11 heteroatoms. The van der Waals surface area contributed by atoms with Gasteiger partial charge in [0.25, 0.3) is 11.4 Å². The summed E-state index contributed by atoms with van der Waals surface area (Å²) in [4.78, 5) is 29.4. The van der Waals surface area contributed by atoms with Crippen LogP contribution in [0.4, 0.5) is 11.4 Å². The standard InChI is InChI=1S/C16H12N6O4S/c1-20-12-3-2-6-18-15(12)19-16(20)11(14(17)27)7-9-4-5-10(21(23)24)8-13(9)22(25)26/h2-8H,1H3,(H2,17,27)/b11-7-. The minimum atomic E-state index is -0.702. The zero-order valence-electron chi connectivity index (χ0n) is 13.9. The van der Waals surface area contributed by atoms with Crippen LogP contribution < -0.4 is 5.73 Å². The Kier molecular flexibility index (Phi) is 4.60. The zero-order valence-corrected chi connectivity index (χ0v) is 14.7. The van der Waals surface area contributed by atoms with Crippen molar-refractivity contribution in [1.29, 1.82) is 0 Å². The fraction of sp³-hybridized carbons (Fsp3) is 0.0625. The quantitative estimate of drug-likeness (QED) is 0.306. The molecule has 0 saturated carbocycles. The molecule has 0 aliphatic carbocycles. The fourth-order valence-electron chi connectivity index (χ4n) is 2.59. The molecule has 0 spiro atoms. The third-order valence-electron chi connectivity index (χ3n) is 3.88. The molecule has 0 saturated heterocycles. The van der Waals surface area contributed by atoms with Gasteiger partial charge in [0.1, 0.15) is 10.8 Å². The molecule has 0 aliphatic rings. The second-order valence-electron chi connectivity index (χ2n) is 5.52. The van der Waals surface area contributed by atoms with E-state index in [1.807, 2.05) is 6.07 Å². The summed E-state index contributed by atoms with van der Waals surface area (Å²) in [6.07, 6.45) is 2.98. The van der Waals surface area contributed by atoms with Crippen LogP contribution >= 0.6 is 12.2 Å². The van der Waals surface area contributed by atoms with Gasteiger partial charge in [0.2, 0.25) is 0 Å². The van der Waals surface area contributed by atoms with E-state index in [2.05, 4.69) is 9.97 Å². The van der Waals surface area contributed by atoms with E-state index in [1.165, 1.54) is 18.2 Å². The lowest BCUT2D eigenvalue weighted by Gasteiger charge is -2.07. The number of rotatable bonds is 5. The SMILES string of the molecule is Cn1c(/C(=C\c2ccc([N+](=O)[O-])cc2[N+](=O)[O-])C(N)=S)nc2ncccc21. The summed E-state index contributed by atoms with van der Waals surface area (Å²) >= 11 is 5.10. The Labute approximate surface area is 157 Å². The summed E-state index contributed by atoms with van der Waals surface area (Å²) in [5.41, 5.74) is 6.60. The van der Waals surface area contributed by atoms with E-state index in [9.17, 15) is 20.2 Å². The molecule has 0 unspecified atom stereocenters. The van der Waals surface area contributed by atoms with E-state index >= 15 is 0 Å². The molecule has 0 atom stereocenters. The summed E-state index contributed by atoms with van der Waals surface area (Å²) in [6.45, 7) is 0. The smallest absolute Gasteiger partial charge is 0.283 e. The lowest BCUT2D eigenvalue weighted by Crippen LogP contribution is -2.13. The number of benzene rings is 1. The van der Waals surface area contributed by atoms with Gasteiger partial charge in [-0.05, 0) is 24.3 Å². The van der Waals surface area contributed by atoms with Crippen LogP contribution in [0, 0.1) is 20.2 Å². The number of pyridine rings is 1. The average molecular weight is 384 g/mol. The van der Waals surface area contributed by atoms with Crippen LogP contribution in [0.3, 0.4) is 0 Å². The van der Waals surface area contributed by atoms with Crippen molar-refractivity contribution in [2.45, 2.75) is 0 Å². The molecule has 3 rings (SSSR count). The van der Waals surface area contributed by atoms with Gasteiger partial charge in [-0.2, -0.15) is 0 Å². The number of thiocarbonyl (C=S) groups is 1. The lowest BCUT2D eigenvalue weighted by atomic mass is 10.1. The minimum absolute atomic E-state index is 0.0268. The summed E-state index contributed by atoms with van der Waals surface area (Å²) < 4.78 is 1.71. The second kappa shape index (κ2) is 6.88. The molecule has 1 aromatic carbocycles. The first-order chi connectivity index (χ1) is 12.8. The van der Waals surface area contributed by atoms with E-state index in [0.717, 1.165) is 11.6 Å². The van der Waals surface area contributed by atoms with Crippen LogP contribution in [0.1, 0.15) is 11.4 Å². The van der Waals surface area contributed by atoms with Crippen LogP contribution in [-0.2, 0) is 7.05 Å². The third kappa shape index (κ3) is 3.35. The molecular weight excluding hydrogens is 372 g/mol. The van der Waals surface area contributed by atoms with Crippen molar-refractivity contribution in [3.8, 4) is 0 Å². The third-order valence-corrected chi connectivity index (χ3v) is 4.10. The summed E-state index contributed by atoms with van der Waals surface area (Å²) in [5, 5.41) is 22.2. The van der Waals surface area contributed by atoms with Gasteiger partial charge >= 0.3 is 0 Å². The molecule has 0 amide bonds. The van der Waals surface area contributed by atoms with Gasteiger partial charge in [0.15, 0.2) is 5.65 Å². The molecule has 0 bridgehead atoms. The minimum Gasteiger partial charge on any atom is -0.389 e. The van der Waals surface area contributed by atoms with E-state index in [4.69, 9.17) is 18.0 Å². The summed E-state index contributed by atoms with van der Waals surface area (Å²) in [6, 6.07) is 6.89. The number of aromatic nitrogens is 3. The number of nitrogens with two attached hydrogens (primary N) is 1. The van der Waals surface area contributed by atoms with Crippen LogP contribution in [0.5, 0.6) is 0 Å². The number of nitrogens with zero attached hydrogens (tertiary/aromatic N) is 5. The number of nitro benzene ring substituents is 2. The highest BCUT2D eigenvalue weighted by Gasteiger charge is 2.21. The molecule has 0 fully saturated rings. The maximum absolute atomic E-state index is 11.4. The highest BCUT2D eigenvalue weighted by atomic mass is 32.1. The second-order valence-corrected chi connectivity index (χ2v) is 5.96. The Hall–Kier alpha value is -3.73. The monoisotopic (exact) mass is 384 g/mol. The van der Waals surface area contributed by atoms with Gasteiger partial charge in [-0.3, -0.25) is 20.2 Å². The van der Waals surface area contributed by atoms with Gasteiger partial charge in [0, 0.05) is 19.3 Å². The predicted molar refractivity (Wildman–Crippen MR) is 103 cm³/mol. The first kappa shape index (κ1) is 18.1. The maximum Gasteiger partial charge on any atom is 0.283 e. The number of nitro groups is 2. The summed E-state index contributed by atoms with van der Waals surface area (Å²) in [5.74, 6) is 0.379. The Bertz CT molecular complexity index is 1140. The van der Waals surface area contributed by atoms with Crippen molar-refractivity contribution in [3.05, 3.63) is 68.1 Å². The Morgan fingerprint density at radius 2 is 2.00 bits per heavy atom. The molecule has 136 valence electrons. The van der Waals surface area contributed by atoms with Gasteiger partial charge < -0.3 is 10.3 Å². The molecule has 3 aromatic rings. The Morgan fingerprint density at radius 1 is 1.26 bits per heavy atom. The van der Waals surface area contributed by atoms with Crippen molar-refractivity contribution in [2.24, 2.45) is 12.8 Å². The van der Waals surface area contributed by atoms with Crippen molar-refractivity contribution < 1.29 is 9.85 Å². The average Bonchev–Trinajstić information content (AvgIpc) is 2.96. The van der Waals surface area contributed by atoms with Crippen LogP contribution in [0.15, 0.2) is 36.5 Å².